The first-order valence-corrected chi connectivity index (χ1v) is 4.97. The quantitative estimate of drug-likeness (QED) is 0.783. The average Bonchev–Trinajstić information content (AvgIpc) is 2.37. The molecule has 0 radical (unpaired) electrons. The number of hydrogen-bond donors (Lipinski definition) is 1. The minimum absolute atomic E-state index is 0.363. The third kappa shape index (κ3) is 3.44. The first kappa shape index (κ1) is 13.0. The molecule has 0 spiro atoms. The highest BCUT2D eigenvalue weighted by atomic mass is 16.5. The fourth-order valence-electron chi connectivity index (χ4n) is 1.21. The molecule has 6 nitrogen and oxygen atoms in total. The van der Waals surface area contributed by atoms with Gasteiger partial charge in [0.2, 0.25) is 0 Å². The van der Waals surface area contributed by atoms with Crippen molar-refractivity contribution in [3.8, 4) is 0 Å². The van der Waals surface area contributed by atoms with Gasteiger partial charge in [-0.1, -0.05) is 0 Å². The van der Waals surface area contributed by atoms with E-state index in [1.54, 1.807) is 6.92 Å². The zero-order valence-corrected chi connectivity index (χ0v) is 9.89. The molecule has 6 heteroatoms. The molecule has 0 saturated heterocycles. The summed E-state index contributed by atoms with van der Waals surface area (Å²) in [6, 6.07) is 2.49. The molecule has 1 aromatic rings. The van der Waals surface area contributed by atoms with Crippen molar-refractivity contribution in [1.29, 1.82) is 0 Å². The van der Waals surface area contributed by atoms with Crippen LogP contribution in [0.4, 0.5) is 5.82 Å². The number of methoxy groups -OCH3 is 2. The molecule has 0 aromatic carbocycles. The van der Waals surface area contributed by atoms with Crippen molar-refractivity contribution >= 4 is 17.8 Å². The summed E-state index contributed by atoms with van der Waals surface area (Å²) in [6.07, 6.45) is 1.46. The molecule has 0 fully saturated rings. The van der Waals surface area contributed by atoms with Crippen LogP contribution in [0, 0.1) is 0 Å². The molecular weight excluding hydrogens is 224 g/mol. The van der Waals surface area contributed by atoms with E-state index in [0.717, 1.165) is 0 Å². The molecule has 0 aliphatic heterocycles. The Hall–Kier alpha value is -2.11. The van der Waals surface area contributed by atoms with E-state index in [1.165, 1.54) is 32.5 Å². The smallest absolute Gasteiger partial charge is 0.338 e. The summed E-state index contributed by atoms with van der Waals surface area (Å²) in [5.74, 6) is -0.456. The summed E-state index contributed by atoms with van der Waals surface area (Å²) in [5, 5.41) is 2.82. The Bertz CT molecular complexity index is 420. The minimum Gasteiger partial charge on any atom is -0.467 e. The Labute approximate surface area is 98.9 Å². The van der Waals surface area contributed by atoms with E-state index < -0.39 is 18.0 Å². The zero-order chi connectivity index (χ0) is 12.8. The molecule has 17 heavy (non-hydrogen) atoms. The summed E-state index contributed by atoms with van der Waals surface area (Å²) >= 11 is 0. The normalized spacial score (nSPS) is 11.5. The maximum Gasteiger partial charge on any atom is 0.338 e. The van der Waals surface area contributed by atoms with Crippen LogP contribution in [-0.2, 0) is 14.3 Å². The fourth-order valence-corrected chi connectivity index (χ4v) is 1.21. The van der Waals surface area contributed by atoms with E-state index in [0.29, 0.717) is 11.4 Å². The monoisotopic (exact) mass is 238 g/mol. The second-order valence-corrected chi connectivity index (χ2v) is 3.31. The van der Waals surface area contributed by atoms with Crippen molar-refractivity contribution in [2.24, 2.45) is 0 Å². The Balaban J connectivity index is 2.79. The number of ether oxygens (including phenoxy) is 2. The first-order chi connectivity index (χ1) is 8.08. The van der Waals surface area contributed by atoms with Crippen molar-refractivity contribution in [3.05, 3.63) is 23.9 Å². The van der Waals surface area contributed by atoms with Gasteiger partial charge >= 0.3 is 11.9 Å². The van der Waals surface area contributed by atoms with Crippen molar-refractivity contribution in [1.82, 2.24) is 4.98 Å². The van der Waals surface area contributed by atoms with Crippen LogP contribution in [0.25, 0.3) is 0 Å². The van der Waals surface area contributed by atoms with E-state index in [4.69, 9.17) is 0 Å². The molecule has 0 aliphatic rings. The number of hydrogen-bond acceptors (Lipinski definition) is 6. The lowest BCUT2D eigenvalue weighted by Gasteiger charge is -2.12. The van der Waals surface area contributed by atoms with Gasteiger partial charge in [-0.3, -0.25) is 0 Å². The van der Waals surface area contributed by atoms with Crippen LogP contribution >= 0.6 is 0 Å². The van der Waals surface area contributed by atoms with Gasteiger partial charge in [0.05, 0.1) is 19.8 Å². The van der Waals surface area contributed by atoms with E-state index in [1.807, 2.05) is 0 Å². The number of aromatic nitrogens is 1. The Morgan fingerprint density at radius 3 is 2.65 bits per heavy atom. The molecule has 1 rings (SSSR count). The van der Waals surface area contributed by atoms with Crippen LogP contribution in [-0.4, -0.2) is 37.2 Å². The van der Waals surface area contributed by atoms with Crippen molar-refractivity contribution in [3.63, 3.8) is 0 Å². The Morgan fingerprint density at radius 2 is 2.06 bits per heavy atom. The maximum atomic E-state index is 11.3. The molecule has 1 N–H and O–H groups in total. The van der Waals surface area contributed by atoms with Crippen LogP contribution in [0.2, 0.25) is 0 Å². The molecule has 92 valence electrons. The van der Waals surface area contributed by atoms with Gasteiger partial charge in [-0.05, 0) is 19.1 Å². The molecular formula is C11H14N2O4. The number of rotatable bonds is 4. The number of carbonyl (C=O) groups excluding carboxylic acids is 2. The molecule has 0 bridgehead atoms. The summed E-state index contributed by atoms with van der Waals surface area (Å²) in [4.78, 5) is 26.4. The SMILES string of the molecule is COC(=O)c1ccnc(NC(C)C(=O)OC)c1. The van der Waals surface area contributed by atoms with Crippen molar-refractivity contribution in [2.75, 3.05) is 19.5 Å². The van der Waals surface area contributed by atoms with Crippen molar-refractivity contribution in [2.45, 2.75) is 13.0 Å². The molecule has 0 amide bonds. The summed E-state index contributed by atoms with van der Waals surface area (Å²) < 4.78 is 9.14. The highest BCUT2D eigenvalue weighted by Crippen LogP contribution is 2.09. The summed E-state index contributed by atoms with van der Waals surface area (Å²) in [6.45, 7) is 1.64. The van der Waals surface area contributed by atoms with Crippen LogP contribution in [0.3, 0.4) is 0 Å². The molecule has 1 unspecified atom stereocenters. The summed E-state index contributed by atoms with van der Waals surface area (Å²) in [7, 11) is 2.60. The van der Waals surface area contributed by atoms with Crippen LogP contribution in [0.15, 0.2) is 18.3 Å². The second-order valence-electron chi connectivity index (χ2n) is 3.31. The van der Waals surface area contributed by atoms with Crippen LogP contribution in [0.5, 0.6) is 0 Å². The number of pyridine rings is 1. The van der Waals surface area contributed by atoms with Crippen LogP contribution in [0.1, 0.15) is 17.3 Å². The van der Waals surface area contributed by atoms with E-state index in [9.17, 15) is 9.59 Å². The van der Waals surface area contributed by atoms with Gasteiger partial charge in [-0.15, -0.1) is 0 Å². The van der Waals surface area contributed by atoms with Crippen LogP contribution < -0.4 is 5.32 Å². The molecule has 1 heterocycles. The fraction of sp³-hybridized carbons (Fsp3) is 0.364. The lowest BCUT2D eigenvalue weighted by molar-refractivity contribution is -0.141. The maximum absolute atomic E-state index is 11.3. The number of nitrogens with zero attached hydrogens (tertiary/aromatic N) is 1. The van der Waals surface area contributed by atoms with Gasteiger partial charge in [0.15, 0.2) is 0 Å². The number of nitrogens with one attached hydrogen (secondary N) is 1. The predicted octanol–water partition coefficient (Wildman–Crippen LogP) is 0.842. The standard InChI is InChI=1S/C11H14N2O4/c1-7(10(14)16-2)13-9-6-8(4-5-12-9)11(15)17-3/h4-7H,1-3H3,(H,12,13). The van der Waals surface area contributed by atoms with Gasteiger partial charge < -0.3 is 14.8 Å². The van der Waals surface area contributed by atoms with E-state index in [-0.39, 0.29) is 0 Å². The highest BCUT2D eigenvalue weighted by molar-refractivity contribution is 5.90. The van der Waals surface area contributed by atoms with Gasteiger partial charge in [0, 0.05) is 6.20 Å². The second kappa shape index (κ2) is 5.83. The number of anilines is 1. The Morgan fingerprint density at radius 1 is 1.35 bits per heavy atom. The predicted molar refractivity (Wildman–Crippen MR) is 60.7 cm³/mol. The van der Waals surface area contributed by atoms with Gasteiger partial charge in [0.25, 0.3) is 0 Å². The van der Waals surface area contributed by atoms with Gasteiger partial charge in [-0.25, -0.2) is 14.6 Å². The molecule has 0 aliphatic carbocycles. The minimum atomic E-state index is -0.541. The first-order valence-electron chi connectivity index (χ1n) is 4.97. The zero-order valence-electron chi connectivity index (χ0n) is 9.89. The highest BCUT2D eigenvalue weighted by Gasteiger charge is 2.14. The van der Waals surface area contributed by atoms with E-state index >= 15 is 0 Å². The topological polar surface area (TPSA) is 77.5 Å². The largest absolute Gasteiger partial charge is 0.467 e. The third-order valence-corrected chi connectivity index (χ3v) is 2.10. The van der Waals surface area contributed by atoms with Gasteiger partial charge in [-0.2, -0.15) is 0 Å². The van der Waals surface area contributed by atoms with E-state index in [2.05, 4.69) is 19.8 Å². The molecule has 1 aromatic heterocycles. The third-order valence-electron chi connectivity index (χ3n) is 2.10. The van der Waals surface area contributed by atoms with Crippen molar-refractivity contribution < 1.29 is 19.1 Å². The lowest BCUT2D eigenvalue weighted by atomic mass is 10.2. The summed E-state index contributed by atoms with van der Waals surface area (Å²) in [5.41, 5.74) is 0.363. The average molecular weight is 238 g/mol. The molecule has 1 atom stereocenters. The number of carbonyl (C=O) groups is 2. The van der Waals surface area contributed by atoms with Gasteiger partial charge in [0.1, 0.15) is 11.9 Å². The Kier molecular flexibility index (Phi) is 4.45. The number of esters is 2. The molecule has 0 saturated carbocycles. The lowest BCUT2D eigenvalue weighted by Crippen LogP contribution is -2.27.